The molecule has 2 fully saturated rings. The van der Waals surface area contributed by atoms with Crippen LogP contribution < -0.4 is 0 Å². The summed E-state index contributed by atoms with van der Waals surface area (Å²) in [6, 6.07) is 48.8. The van der Waals surface area contributed by atoms with Gasteiger partial charge >= 0.3 is 11.9 Å². The van der Waals surface area contributed by atoms with Gasteiger partial charge < -0.3 is 52.1 Å². The van der Waals surface area contributed by atoms with E-state index in [4.69, 9.17) is 52.1 Å². The van der Waals surface area contributed by atoms with Crippen LogP contribution in [0.2, 0.25) is 0 Å². The van der Waals surface area contributed by atoms with Gasteiger partial charge in [-0.15, -0.1) is 6.58 Å². The minimum absolute atomic E-state index is 0.148. The van der Waals surface area contributed by atoms with E-state index in [1.807, 2.05) is 158 Å². The number of allylic oxidation sites excluding steroid dienone is 1. The largest absolute Gasteiger partial charge is 0.463 e. The van der Waals surface area contributed by atoms with E-state index < -0.39 is 73.4 Å². The fraction of sp³-hybridized carbons (Fsp3) is 0.393. The molecule has 2 saturated heterocycles. The van der Waals surface area contributed by atoms with Gasteiger partial charge in [0.05, 0.1) is 39.6 Å². The van der Waals surface area contributed by atoms with Crippen LogP contribution >= 0.6 is 0 Å². The summed E-state index contributed by atoms with van der Waals surface area (Å²) < 4.78 is 73.2. The average Bonchev–Trinajstić information content (AvgIpc) is 3.38. The second-order valence-electron chi connectivity index (χ2n) is 16.9. The van der Waals surface area contributed by atoms with Crippen molar-refractivity contribution >= 4 is 11.9 Å². The third kappa shape index (κ3) is 16.0. The molecule has 0 aliphatic carbocycles. The molecular formula is C56H64O13. The lowest BCUT2D eigenvalue weighted by atomic mass is 9.95. The highest BCUT2D eigenvalue weighted by Gasteiger charge is 2.55. The smallest absolute Gasteiger partial charge is 0.302 e. The van der Waals surface area contributed by atoms with Gasteiger partial charge in [0.15, 0.2) is 12.6 Å². The van der Waals surface area contributed by atoms with Gasteiger partial charge in [-0.05, 0) is 40.7 Å². The van der Waals surface area contributed by atoms with Gasteiger partial charge in [0.25, 0.3) is 0 Å². The van der Waals surface area contributed by atoms with E-state index >= 15 is 0 Å². The number of carbonyl (C=O) groups excluding carboxylic acids is 2. The fourth-order valence-corrected chi connectivity index (χ4v) is 8.18. The Morgan fingerprint density at radius 1 is 0.449 bits per heavy atom. The van der Waals surface area contributed by atoms with Gasteiger partial charge in [-0.3, -0.25) is 9.59 Å². The zero-order valence-corrected chi connectivity index (χ0v) is 39.4. The highest BCUT2D eigenvalue weighted by Crippen LogP contribution is 2.37. The van der Waals surface area contributed by atoms with Crippen LogP contribution in [0.5, 0.6) is 0 Å². The van der Waals surface area contributed by atoms with Crippen molar-refractivity contribution in [1.82, 2.24) is 0 Å². The van der Waals surface area contributed by atoms with Crippen LogP contribution in [0.25, 0.3) is 0 Å². The lowest BCUT2D eigenvalue weighted by Gasteiger charge is -2.50. The van der Waals surface area contributed by atoms with E-state index in [0.717, 1.165) is 34.2 Å². The highest BCUT2D eigenvalue weighted by molar-refractivity contribution is 5.66. The summed E-state index contributed by atoms with van der Waals surface area (Å²) in [7, 11) is 0. The van der Waals surface area contributed by atoms with E-state index in [0.29, 0.717) is 13.0 Å². The zero-order valence-electron chi connectivity index (χ0n) is 39.4. The topological polar surface area (TPSA) is 136 Å². The Labute approximate surface area is 405 Å². The molecule has 5 aromatic carbocycles. The van der Waals surface area contributed by atoms with Gasteiger partial charge in [-0.25, -0.2) is 0 Å². The van der Waals surface area contributed by atoms with E-state index in [1.165, 1.54) is 13.8 Å². The summed E-state index contributed by atoms with van der Waals surface area (Å²) in [4.78, 5) is 25.1. The normalized spacial score (nSPS) is 24.6. The number of hydrogen-bond acceptors (Lipinski definition) is 13. The van der Waals surface area contributed by atoms with Crippen LogP contribution in [-0.2, 0) is 94.7 Å². The quantitative estimate of drug-likeness (QED) is 0.0297. The molecule has 5 aromatic rings. The number of ether oxygens (including phenoxy) is 11. The Morgan fingerprint density at radius 3 is 1.17 bits per heavy atom. The Hall–Kier alpha value is -5.58. The first-order valence-electron chi connectivity index (χ1n) is 23.6. The molecule has 366 valence electrons. The Bertz CT molecular complexity index is 2230. The van der Waals surface area contributed by atoms with Gasteiger partial charge in [0.1, 0.15) is 62.0 Å². The molecule has 0 aromatic heterocycles. The molecule has 0 spiro atoms. The Morgan fingerprint density at radius 2 is 0.783 bits per heavy atom. The van der Waals surface area contributed by atoms with Crippen LogP contribution in [0.4, 0.5) is 0 Å². The number of hydrogen-bond donors (Lipinski definition) is 0. The third-order valence-corrected chi connectivity index (χ3v) is 11.6. The van der Waals surface area contributed by atoms with Crippen LogP contribution in [-0.4, -0.2) is 93.2 Å². The van der Waals surface area contributed by atoms with Crippen LogP contribution in [0, 0.1) is 0 Å². The molecule has 69 heavy (non-hydrogen) atoms. The van der Waals surface area contributed by atoms with E-state index in [9.17, 15) is 9.59 Å². The highest BCUT2D eigenvalue weighted by atomic mass is 16.8. The Balaban J connectivity index is 1.31. The minimum atomic E-state index is -1.25. The molecule has 0 saturated carbocycles. The lowest BCUT2D eigenvalue weighted by Crippen LogP contribution is -2.66. The molecule has 0 unspecified atom stereocenters. The first kappa shape index (κ1) is 51.3. The third-order valence-electron chi connectivity index (χ3n) is 11.6. The number of rotatable bonds is 26. The standard InChI is InChI=1S/C56H64O13/c1-4-5-21-32-59-55-53(65-36-45-28-17-9-18-29-45)52(64-35-44-26-15-8-16-27-44)50(48(67-55)39-61-41(3)58)69-56-54(66-37-46-30-19-10-20-31-46)51(63-34-43-24-13-7-14-25-43)49(47(68-56)38-60-40(2)57)62-33-42-22-11-6-12-23-42/h4,6-20,22-31,47-56H,1,5,21,32-39H2,2-3H3/t47-,48-,49+,50+,51+,52+,53-,54-,55-,56-/m1/s1. The summed E-state index contributed by atoms with van der Waals surface area (Å²) in [5.41, 5.74) is 4.54. The molecule has 2 heterocycles. The molecule has 0 amide bonds. The molecule has 10 atom stereocenters. The van der Waals surface area contributed by atoms with Crippen molar-refractivity contribution in [3.63, 3.8) is 0 Å². The number of esters is 2. The van der Waals surface area contributed by atoms with Gasteiger partial charge in [-0.1, -0.05) is 158 Å². The van der Waals surface area contributed by atoms with E-state index in [-0.39, 0.29) is 46.2 Å². The molecule has 0 radical (unpaired) electrons. The summed E-state index contributed by atoms with van der Waals surface area (Å²) in [6.45, 7) is 7.32. The fourth-order valence-electron chi connectivity index (χ4n) is 8.18. The average molecular weight is 945 g/mol. The van der Waals surface area contributed by atoms with Crippen molar-refractivity contribution in [1.29, 1.82) is 0 Å². The van der Waals surface area contributed by atoms with Crippen LogP contribution in [0.15, 0.2) is 164 Å². The maximum atomic E-state index is 12.6. The van der Waals surface area contributed by atoms with Gasteiger partial charge in [0, 0.05) is 13.8 Å². The summed E-state index contributed by atoms with van der Waals surface area (Å²) >= 11 is 0. The van der Waals surface area contributed by atoms with E-state index in [1.54, 1.807) is 0 Å². The lowest BCUT2D eigenvalue weighted by molar-refractivity contribution is -0.376. The minimum Gasteiger partial charge on any atom is -0.463 e. The SMILES string of the molecule is C=CCCCO[C@@H]1O[C@H](COC(C)=O)[C@H](O[C@H]2O[C@H](COC(C)=O)[C@H](OCc3ccccc3)[C@H](OCc3ccccc3)[C@H]2OCc2ccccc2)[C@H](OCc2ccccc2)[C@H]1OCc1ccccc1. The van der Waals surface area contributed by atoms with Crippen LogP contribution in [0.3, 0.4) is 0 Å². The summed E-state index contributed by atoms with van der Waals surface area (Å²) in [5, 5.41) is 0. The maximum Gasteiger partial charge on any atom is 0.302 e. The molecule has 2 aliphatic heterocycles. The molecule has 13 nitrogen and oxygen atoms in total. The van der Waals surface area contributed by atoms with Crippen molar-refractivity contribution in [3.05, 3.63) is 192 Å². The predicted octanol–water partition coefficient (Wildman–Crippen LogP) is 8.86. The number of unbranched alkanes of at least 4 members (excludes halogenated alkanes) is 1. The molecule has 2 aliphatic rings. The molecule has 0 N–H and O–H groups in total. The Kier molecular flexibility index (Phi) is 20.5. The molecule has 13 heteroatoms. The summed E-state index contributed by atoms with van der Waals surface area (Å²) in [6.07, 6.45) is -6.45. The molecule has 0 bridgehead atoms. The van der Waals surface area contributed by atoms with Crippen molar-refractivity contribution in [2.24, 2.45) is 0 Å². The van der Waals surface area contributed by atoms with Gasteiger partial charge in [0.2, 0.25) is 0 Å². The van der Waals surface area contributed by atoms with Crippen molar-refractivity contribution in [3.8, 4) is 0 Å². The first-order chi connectivity index (χ1) is 33.8. The first-order valence-corrected chi connectivity index (χ1v) is 23.6. The second kappa shape index (κ2) is 27.6. The number of carbonyl (C=O) groups is 2. The monoisotopic (exact) mass is 944 g/mol. The van der Waals surface area contributed by atoms with Crippen LogP contribution in [0.1, 0.15) is 54.5 Å². The summed E-state index contributed by atoms with van der Waals surface area (Å²) in [5.74, 6) is -1.02. The molecule has 7 rings (SSSR count). The number of benzene rings is 5. The maximum absolute atomic E-state index is 12.6. The van der Waals surface area contributed by atoms with Crippen molar-refractivity contribution < 1.29 is 61.7 Å². The van der Waals surface area contributed by atoms with Crippen molar-refractivity contribution in [2.75, 3.05) is 19.8 Å². The van der Waals surface area contributed by atoms with Crippen molar-refractivity contribution in [2.45, 2.75) is 121 Å². The predicted molar refractivity (Wildman–Crippen MR) is 256 cm³/mol. The second-order valence-corrected chi connectivity index (χ2v) is 16.9. The van der Waals surface area contributed by atoms with E-state index in [2.05, 4.69) is 6.58 Å². The molecular weight excluding hydrogens is 881 g/mol. The zero-order chi connectivity index (χ0) is 48.0. The van der Waals surface area contributed by atoms with Gasteiger partial charge in [-0.2, -0.15) is 0 Å².